The Bertz CT molecular complexity index is 234. The molecule has 0 unspecified atom stereocenters. The van der Waals surface area contributed by atoms with E-state index in [1.165, 1.54) is 0 Å². The lowest BCUT2D eigenvalue weighted by molar-refractivity contribution is -0.144. The molecule has 3 atom stereocenters. The molecule has 4 nitrogen and oxygen atoms in total. The summed E-state index contributed by atoms with van der Waals surface area (Å²) < 4.78 is 17.1. The van der Waals surface area contributed by atoms with Crippen LogP contribution in [0, 0.1) is 0 Å². The molecule has 0 bridgehead atoms. The van der Waals surface area contributed by atoms with E-state index in [1.54, 1.807) is 0 Å². The molecule has 0 aliphatic carbocycles. The van der Waals surface area contributed by atoms with Crippen LogP contribution in [0.25, 0.3) is 0 Å². The average Bonchev–Trinajstić information content (AvgIpc) is 2.43. The van der Waals surface area contributed by atoms with Crippen LogP contribution in [0.15, 0.2) is 0 Å². The third-order valence-corrected chi connectivity index (χ3v) is 3.02. The minimum atomic E-state index is -0.409. The summed E-state index contributed by atoms with van der Waals surface area (Å²) in [6, 6.07) is 0. The minimum absolute atomic E-state index is 0.201. The first-order valence-electron chi connectivity index (χ1n) is 6.14. The van der Waals surface area contributed by atoms with E-state index in [4.69, 9.17) is 14.2 Å². The lowest BCUT2D eigenvalue weighted by Crippen LogP contribution is -2.48. The van der Waals surface area contributed by atoms with Crippen LogP contribution in [-0.2, 0) is 14.2 Å². The van der Waals surface area contributed by atoms with Crippen LogP contribution in [0.3, 0.4) is 0 Å². The van der Waals surface area contributed by atoms with Gasteiger partial charge < -0.3 is 14.2 Å². The van der Waals surface area contributed by atoms with Crippen LogP contribution >= 0.6 is 0 Å². The minimum Gasteiger partial charge on any atom is -0.373 e. The van der Waals surface area contributed by atoms with E-state index in [2.05, 4.69) is 18.7 Å². The molecule has 0 N–H and O–H groups in total. The van der Waals surface area contributed by atoms with E-state index in [9.17, 15) is 0 Å². The molecule has 2 aliphatic rings. The van der Waals surface area contributed by atoms with E-state index >= 15 is 0 Å². The van der Waals surface area contributed by atoms with Gasteiger partial charge in [0.15, 0.2) is 5.79 Å². The Morgan fingerprint density at radius 2 is 1.81 bits per heavy atom. The second-order valence-corrected chi connectivity index (χ2v) is 5.43. The molecule has 0 spiro atoms. The van der Waals surface area contributed by atoms with E-state index in [0.29, 0.717) is 18.8 Å². The Hall–Kier alpha value is -0.160. The highest BCUT2D eigenvalue weighted by atomic mass is 16.7. The van der Waals surface area contributed by atoms with Crippen LogP contribution in [0.1, 0.15) is 27.7 Å². The third kappa shape index (κ3) is 3.17. The first-order chi connectivity index (χ1) is 7.44. The average molecular weight is 229 g/mol. The highest BCUT2D eigenvalue weighted by molar-refractivity contribution is 4.79. The molecule has 4 heteroatoms. The Kier molecular flexibility index (Phi) is 3.54. The van der Waals surface area contributed by atoms with Crippen molar-refractivity contribution in [3.05, 3.63) is 0 Å². The normalized spacial score (nSPS) is 40.1. The molecule has 2 saturated heterocycles. The quantitative estimate of drug-likeness (QED) is 0.713. The van der Waals surface area contributed by atoms with Gasteiger partial charge in [-0.15, -0.1) is 0 Å². The predicted molar refractivity (Wildman–Crippen MR) is 61.4 cm³/mol. The summed E-state index contributed by atoms with van der Waals surface area (Å²) in [5.74, 6) is -0.409. The molecule has 0 aromatic carbocycles. The molecule has 0 aromatic rings. The zero-order valence-corrected chi connectivity index (χ0v) is 10.7. The number of hydrogen-bond acceptors (Lipinski definition) is 4. The van der Waals surface area contributed by atoms with Gasteiger partial charge in [-0.3, -0.25) is 4.90 Å². The summed E-state index contributed by atoms with van der Waals surface area (Å²) in [6.07, 6.45) is 0.839. The van der Waals surface area contributed by atoms with Gasteiger partial charge in [-0.25, -0.2) is 0 Å². The summed E-state index contributed by atoms with van der Waals surface area (Å²) in [5, 5.41) is 0. The van der Waals surface area contributed by atoms with Crippen LogP contribution in [0.2, 0.25) is 0 Å². The predicted octanol–water partition coefficient (Wildman–Crippen LogP) is 1.25. The molecule has 2 rings (SSSR count). The summed E-state index contributed by atoms with van der Waals surface area (Å²) in [4.78, 5) is 2.41. The van der Waals surface area contributed by atoms with Gasteiger partial charge in [-0.05, 0) is 27.7 Å². The van der Waals surface area contributed by atoms with E-state index in [1.807, 2.05) is 13.8 Å². The third-order valence-electron chi connectivity index (χ3n) is 3.02. The summed E-state index contributed by atoms with van der Waals surface area (Å²) in [5.41, 5.74) is 0. The summed E-state index contributed by atoms with van der Waals surface area (Å²) in [7, 11) is 0. The van der Waals surface area contributed by atoms with Gasteiger partial charge in [-0.1, -0.05) is 0 Å². The Labute approximate surface area is 97.8 Å². The fourth-order valence-corrected chi connectivity index (χ4v) is 2.57. The molecule has 2 heterocycles. The number of hydrogen-bond donors (Lipinski definition) is 0. The zero-order chi connectivity index (χ0) is 11.8. The highest BCUT2D eigenvalue weighted by Crippen LogP contribution is 2.23. The fraction of sp³-hybridized carbons (Fsp3) is 1.00. The summed E-state index contributed by atoms with van der Waals surface area (Å²) in [6.45, 7) is 11.8. The van der Waals surface area contributed by atoms with E-state index < -0.39 is 5.79 Å². The molecule has 0 amide bonds. The Morgan fingerprint density at radius 3 is 2.31 bits per heavy atom. The van der Waals surface area contributed by atoms with Crippen molar-refractivity contribution in [2.45, 2.75) is 51.8 Å². The van der Waals surface area contributed by atoms with Gasteiger partial charge in [0.05, 0.1) is 24.9 Å². The van der Waals surface area contributed by atoms with Crippen LogP contribution < -0.4 is 0 Å². The molecule has 0 radical (unpaired) electrons. The highest BCUT2D eigenvalue weighted by Gasteiger charge is 2.34. The van der Waals surface area contributed by atoms with Gasteiger partial charge in [0.2, 0.25) is 0 Å². The van der Waals surface area contributed by atoms with Crippen molar-refractivity contribution < 1.29 is 14.2 Å². The topological polar surface area (TPSA) is 30.9 Å². The maximum absolute atomic E-state index is 5.82. The molecule has 0 saturated carbocycles. The van der Waals surface area contributed by atoms with Gasteiger partial charge in [0, 0.05) is 19.6 Å². The van der Waals surface area contributed by atoms with Gasteiger partial charge >= 0.3 is 0 Å². The Morgan fingerprint density at radius 1 is 1.19 bits per heavy atom. The fourth-order valence-electron chi connectivity index (χ4n) is 2.57. The van der Waals surface area contributed by atoms with Crippen molar-refractivity contribution in [3.8, 4) is 0 Å². The van der Waals surface area contributed by atoms with Crippen LogP contribution in [-0.4, -0.2) is 55.2 Å². The van der Waals surface area contributed by atoms with Crippen LogP contribution in [0.5, 0.6) is 0 Å². The first-order valence-corrected chi connectivity index (χ1v) is 6.14. The lowest BCUT2D eigenvalue weighted by atomic mass is 10.2. The molecule has 2 aliphatic heterocycles. The molecular formula is C12H23NO3. The number of ether oxygens (including phenoxy) is 3. The van der Waals surface area contributed by atoms with Gasteiger partial charge in [0.1, 0.15) is 0 Å². The zero-order valence-electron chi connectivity index (χ0n) is 10.7. The number of nitrogens with zero attached hydrogens (tertiary/aromatic N) is 1. The molecular weight excluding hydrogens is 206 g/mol. The van der Waals surface area contributed by atoms with Gasteiger partial charge in [0.25, 0.3) is 0 Å². The van der Waals surface area contributed by atoms with E-state index in [0.717, 1.165) is 19.6 Å². The monoisotopic (exact) mass is 229 g/mol. The standard InChI is InChI=1S/C12H23NO3/c1-9-5-13(6-10(2)15-9)7-11-8-14-12(3,4)16-11/h9-11H,5-8H2,1-4H3/t9-,10-,11-/m1/s1. The second-order valence-electron chi connectivity index (χ2n) is 5.43. The Balaban J connectivity index is 1.81. The number of rotatable bonds is 2. The van der Waals surface area contributed by atoms with E-state index in [-0.39, 0.29) is 6.10 Å². The van der Waals surface area contributed by atoms with Crippen molar-refractivity contribution in [3.63, 3.8) is 0 Å². The molecule has 16 heavy (non-hydrogen) atoms. The van der Waals surface area contributed by atoms with Gasteiger partial charge in [-0.2, -0.15) is 0 Å². The van der Waals surface area contributed by atoms with Crippen molar-refractivity contribution in [1.82, 2.24) is 4.90 Å². The van der Waals surface area contributed by atoms with Crippen LogP contribution in [0.4, 0.5) is 0 Å². The maximum atomic E-state index is 5.82. The largest absolute Gasteiger partial charge is 0.373 e. The molecule has 0 aromatic heterocycles. The van der Waals surface area contributed by atoms with Crippen molar-refractivity contribution in [1.29, 1.82) is 0 Å². The number of morpholine rings is 1. The molecule has 94 valence electrons. The first kappa shape index (κ1) is 12.3. The van der Waals surface area contributed by atoms with Crippen molar-refractivity contribution in [2.75, 3.05) is 26.2 Å². The SMILES string of the molecule is C[C@@H]1CN(C[C@@H]2COC(C)(C)O2)C[C@@H](C)O1. The lowest BCUT2D eigenvalue weighted by Gasteiger charge is -2.36. The maximum Gasteiger partial charge on any atom is 0.163 e. The summed E-state index contributed by atoms with van der Waals surface area (Å²) >= 11 is 0. The smallest absolute Gasteiger partial charge is 0.163 e. The second kappa shape index (κ2) is 4.61. The molecule has 2 fully saturated rings. The van der Waals surface area contributed by atoms with Crippen molar-refractivity contribution >= 4 is 0 Å². The van der Waals surface area contributed by atoms with Crippen molar-refractivity contribution in [2.24, 2.45) is 0 Å².